The van der Waals surface area contributed by atoms with Crippen LogP contribution in [0.15, 0.2) is 0 Å². The quantitative estimate of drug-likeness (QED) is 0.775. The van der Waals surface area contributed by atoms with Crippen molar-refractivity contribution in [3.05, 3.63) is 0 Å². The Bertz CT molecular complexity index is 211. The van der Waals surface area contributed by atoms with Crippen LogP contribution in [0.3, 0.4) is 0 Å². The van der Waals surface area contributed by atoms with Gasteiger partial charge in [0.1, 0.15) is 0 Å². The van der Waals surface area contributed by atoms with Crippen molar-refractivity contribution in [2.45, 2.75) is 32.2 Å². The zero-order valence-corrected chi connectivity index (χ0v) is 10.6. The lowest BCUT2D eigenvalue weighted by Gasteiger charge is -2.15. The number of thioether (sulfide) groups is 1. The second-order valence-electron chi connectivity index (χ2n) is 4.25. The predicted octanol–water partition coefficient (Wildman–Crippen LogP) is 1.33. The molecule has 0 radical (unpaired) electrons. The van der Waals surface area contributed by atoms with Gasteiger partial charge in [-0.25, -0.2) is 0 Å². The maximum Gasteiger partial charge on any atom is 0.223 e. The molecule has 1 aliphatic rings. The van der Waals surface area contributed by atoms with Crippen molar-refractivity contribution in [1.82, 2.24) is 4.90 Å². The number of nitrogens with two attached hydrogens (primary N) is 1. The highest BCUT2D eigenvalue weighted by Gasteiger charge is 2.31. The lowest BCUT2D eigenvalue weighted by atomic mass is 9.99. The van der Waals surface area contributed by atoms with E-state index in [2.05, 4.69) is 6.92 Å². The number of amides is 1. The molecule has 0 aromatic rings. The molecule has 1 saturated heterocycles. The van der Waals surface area contributed by atoms with Gasteiger partial charge >= 0.3 is 0 Å². The second kappa shape index (κ2) is 6.38. The van der Waals surface area contributed by atoms with Crippen LogP contribution in [0.25, 0.3) is 0 Å². The first-order chi connectivity index (χ1) is 7.19. The highest BCUT2D eigenvalue weighted by molar-refractivity contribution is 7.98. The highest BCUT2D eigenvalue weighted by Crippen LogP contribution is 2.20. The van der Waals surface area contributed by atoms with E-state index in [1.165, 1.54) is 0 Å². The minimum absolute atomic E-state index is 0.197. The van der Waals surface area contributed by atoms with Crippen LogP contribution >= 0.6 is 11.8 Å². The molecular weight excluding hydrogens is 208 g/mol. The maximum atomic E-state index is 11.8. The Morgan fingerprint density at radius 3 is 2.87 bits per heavy atom. The summed E-state index contributed by atoms with van der Waals surface area (Å²) in [6, 6.07) is 0.197. The zero-order valence-electron chi connectivity index (χ0n) is 9.74. The van der Waals surface area contributed by atoms with Gasteiger partial charge in [-0.3, -0.25) is 4.79 Å². The molecule has 2 N–H and O–H groups in total. The van der Waals surface area contributed by atoms with E-state index in [9.17, 15) is 4.79 Å². The lowest BCUT2D eigenvalue weighted by Crippen LogP contribution is -2.32. The van der Waals surface area contributed by atoms with Crippen molar-refractivity contribution in [2.75, 3.05) is 25.1 Å². The molecule has 1 fully saturated rings. The van der Waals surface area contributed by atoms with E-state index in [-0.39, 0.29) is 11.9 Å². The smallest absolute Gasteiger partial charge is 0.223 e. The van der Waals surface area contributed by atoms with Crippen molar-refractivity contribution < 1.29 is 4.79 Å². The first-order valence-corrected chi connectivity index (χ1v) is 7.10. The Kier molecular flexibility index (Phi) is 5.47. The summed E-state index contributed by atoms with van der Waals surface area (Å²) in [7, 11) is 0. The van der Waals surface area contributed by atoms with E-state index in [4.69, 9.17) is 5.73 Å². The van der Waals surface area contributed by atoms with Gasteiger partial charge in [0.25, 0.3) is 0 Å². The average Bonchev–Trinajstić information content (AvgIpc) is 2.58. The number of nitrogens with zero attached hydrogens (tertiary/aromatic N) is 1. The van der Waals surface area contributed by atoms with Crippen LogP contribution in [-0.4, -0.2) is 41.9 Å². The molecule has 88 valence electrons. The van der Waals surface area contributed by atoms with Gasteiger partial charge in [-0.15, -0.1) is 0 Å². The number of likely N-dealkylation sites (tertiary alicyclic amines) is 1. The van der Waals surface area contributed by atoms with Crippen molar-refractivity contribution in [1.29, 1.82) is 0 Å². The molecule has 4 heteroatoms. The van der Waals surface area contributed by atoms with E-state index >= 15 is 0 Å². The predicted molar refractivity (Wildman–Crippen MR) is 66.0 cm³/mol. The van der Waals surface area contributed by atoms with Crippen LogP contribution in [0.1, 0.15) is 26.2 Å². The molecule has 1 heterocycles. The monoisotopic (exact) mass is 230 g/mol. The van der Waals surface area contributed by atoms with E-state index < -0.39 is 0 Å². The third-order valence-electron chi connectivity index (χ3n) is 3.02. The number of rotatable bonds is 5. The van der Waals surface area contributed by atoms with Crippen LogP contribution in [0.5, 0.6) is 0 Å². The molecular formula is C11H22N2OS. The fourth-order valence-corrected chi connectivity index (χ4v) is 2.50. The summed E-state index contributed by atoms with van der Waals surface area (Å²) < 4.78 is 0. The summed E-state index contributed by atoms with van der Waals surface area (Å²) in [5, 5.41) is 0. The minimum Gasteiger partial charge on any atom is -0.341 e. The molecule has 15 heavy (non-hydrogen) atoms. The number of hydrogen-bond acceptors (Lipinski definition) is 3. The van der Waals surface area contributed by atoms with E-state index in [0.717, 1.165) is 31.7 Å². The second-order valence-corrected chi connectivity index (χ2v) is 5.24. The molecule has 0 spiro atoms. The first kappa shape index (κ1) is 12.8. The van der Waals surface area contributed by atoms with Crippen molar-refractivity contribution >= 4 is 17.7 Å². The molecule has 0 unspecified atom stereocenters. The fraction of sp³-hybridized carbons (Fsp3) is 0.909. The molecule has 3 nitrogen and oxygen atoms in total. The van der Waals surface area contributed by atoms with E-state index in [1.54, 1.807) is 11.8 Å². The standard InChI is InChI=1S/C11H22N2OS/c1-3-4-9-7-13(8-10(9)12)11(14)5-6-15-2/h9-10H,3-8,12H2,1-2H3/t9-,10-/m1/s1. The molecule has 1 aliphatic heterocycles. The maximum absolute atomic E-state index is 11.8. The van der Waals surface area contributed by atoms with Gasteiger partial charge in [0.15, 0.2) is 0 Å². The Labute approximate surface area is 96.8 Å². The molecule has 0 aromatic carbocycles. The third kappa shape index (κ3) is 3.68. The topological polar surface area (TPSA) is 46.3 Å². The van der Waals surface area contributed by atoms with Crippen molar-refractivity contribution in [2.24, 2.45) is 11.7 Å². The normalized spacial score (nSPS) is 25.9. The van der Waals surface area contributed by atoms with Crippen molar-refractivity contribution in [3.63, 3.8) is 0 Å². The Morgan fingerprint density at radius 2 is 2.27 bits per heavy atom. The van der Waals surface area contributed by atoms with Gasteiger partial charge in [-0.2, -0.15) is 11.8 Å². The van der Waals surface area contributed by atoms with Crippen LogP contribution < -0.4 is 5.73 Å². The Hall–Kier alpha value is -0.220. The van der Waals surface area contributed by atoms with Gasteiger partial charge in [0.2, 0.25) is 5.91 Å². The summed E-state index contributed by atoms with van der Waals surface area (Å²) in [4.78, 5) is 13.7. The molecule has 2 atom stereocenters. The number of carbonyl (C=O) groups is 1. The van der Waals surface area contributed by atoms with Gasteiger partial charge in [0.05, 0.1) is 0 Å². The first-order valence-electron chi connectivity index (χ1n) is 5.71. The number of hydrogen-bond donors (Lipinski definition) is 1. The summed E-state index contributed by atoms with van der Waals surface area (Å²) in [6.45, 7) is 3.81. The molecule has 0 saturated carbocycles. The summed E-state index contributed by atoms with van der Waals surface area (Å²) in [5.74, 6) is 1.72. The zero-order chi connectivity index (χ0) is 11.3. The Morgan fingerprint density at radius 1 is 1.53 bits per heavy atom. The van der Waals surface area contributed by atoms with Crippen LogP contribution in [0, 0.1) is 5.92 Å². The van der Waals surface area contributed by atoms with Gasteiger partial charge in [-0.1, -0.05) is 13.3 Å². The summed E-state index contributed by atoms with van der Waals surface area (Å²) in [5.41, 5.74) is 6.02. The molecule has 1 amide bonds. The molecule has 0 bridgehead atoms. The lowest BCUT2D eigenvalue weighted by molar-refractivity contribution is -0.129. The van der Waals surface area contributed by atoms with E-state index in [0.29, 0.717) is 12.3 Å². The molecule has 1 rings (SSSR count). The van der Waals surface area contributed by atoms with Crippen molar-refractivity contribution in [3.8, 4) is 0 Å². The molecule has 0 aromatic heterocycles. The van der Waals surface area contributed by atoms with Crippen LogP contribution in [0.2, 0.25) is 0 Å². The largest absolute Gasteiger partial charge is 0.341 e. The van der Waals surface area contributed by atoms with Crippen LogP contribution in [0.4, 0.5) is 0 Å². The number of carbonyl (C=O) groups excluding carboxylic acids is 1. The SMILES string of the molecule is CCC[C@@H]1CN(C(=O)CCSC)C[C@H]1N. The van der Waals surface area contributed by atoms with Gasteiger partial charge < -0.3 is 10.6 Å². The minimum atomic E-state index is 0.197. The van der Waals surface area contributed by atoms with Crippen LogP contribution in [-0.2, 0) is 4.79 Å². The third-order valence-corrected chi connectivity index (χ3v) is 3.64. The fourth-order valence-electron chi connectivity index (χ4n) is 2.12. The van der Waals surface area contributed by atoms with Gasteiger partial charge in [0, 0.05) is 31.3 Å². The Balaban J connectivity index is 2.36. The summed E-state index contributed by atoms with van der Waals surface area (Å²) >= 11 is 1.72. The summed E-state index contributed by atoms with van der Waals surface area (Å²) in [6.07, 6.45) is 4.99. The highest BCUT2D eigenvalue weighted by atomic mass is 32.2. The van der Waals surface area contributed by atoms with E-state index in [1.807, 2.05) is 11.2 Å². The average molecular weight is 230 g/mol. The van der Waals surface area contributed by atoms with Gasteiger partial charge in [-0.05, 0) is 18.6 Å². The molecule has 0 aliphatic carbocycles.